The molecule has 0 spiro atoms. The van der Waals surface area contributed by atoms with E-state index in [9.17, 15) is 9.50 Å². The number of hydrogen-bond acceptors (Lipinski definition) is 8. The van der Waals surface area contributed by atoms with Crippen LogP contribution < -0.4 is 5.73 Å². The lowest BCUT2D eigenvalue weighted by Crippen LogP contribution is -2.31. The van der Waals surface area contributed by atoms with Gasteiger partial charge in [-0.3, -0.25) is 4.57 Å². The van der Waals surface area contributed by atoms with Gasteiger partial charge in [-0.25, -0.2) is 19.3 Å². The fourth-order valence-corrected chi connectivity index (χ4v) is 3.58. The molecule has 0 saturated carbocycles. The number of benzene rings is 1. The molecular formula is C21H20FN5O4. The summed E-state index contributed by atoms with van der Waals surface area (Å²) in [5.41, 5.74) is 8.24. The summed E-state index contributed by atoms with van der Waals surface area (Å²) in [6.45, 7) is 0.373. The van der Waals surface area contributed by atoms with Crippen molar-refractivity contribution in [1.82, 2.24) is 19.5 Å². The molecule has 0 unspecified atom stereocenters. The molecule has 1 fully saturated rings. The second-order valence-electron chi connectivity index (χ2n) is 7.27. The van der Waals surface area contributed by atoms with Crippen LogP contribution in [0.15, 0.2) is 59.7 Å². The van der Waals surface area contributed by atoms with E-state index < -0.39 is 24.6 Å². The first-order chi connectivity index (χ1) is 15.1. The number of aromatic nitrogens is 4. The van der Waals surface area contributed by atoms with Gasteiger partial charge < -0.3 is 24.7 Å². The first-order valence-electron chi connectivity index (χ1n) is 9.73. The molecular weight excluding hydrogens is 405 g/mol. The van der Waals surface area contributed by atoms with Crippen molar-refractivity contribution < 1.29 is 23.4 Å². The van der Waals surface area contributed by atoms with E-state index in [-0.39, 0.29) is 12.4 Å². The van der Waals surface area contributed by atoms with E-state index in [0.29, 0.717) is 29.2 Å². The molecule has 0 bridgehead atoms. The van der Waals surface area contributed by atoms with Crippen LogP contribution in [0.25, 0.3) is 22.6 Å². The Morgan fingerprint density at radius 2 is 2.03 bits per heavy atom. The topological polar surface area (TPSA) is 121 Å². The van der Waals surface area contributed by atoms with Crippen LogP contribution in [0.3, 0.4) is 0 Å². The number of nitrogen functional groups attached to an aromatic ring is 1. The summed E-state index contributed by atoms with van der Waals surface area (Å²) >= 11 is 0. The van der Waals surface area contributed by atoms with Crippen LogP contribution in [0, 0.1) is 0 Å². The Labute approximate surface area is 176 Å². The fourth-order valence-electron chi connectivity index (χ4n) is 3.58. The number of ether oxygens (including phenoxy) is 2. The normalized spacial score (nSPS) is 23.5. The first-order valence-corrected chi connectivity index (χ1v) is 9.73. The van der Waals surface area contributed by atoms with Crippen molar-refractivity contribution in [2.75, 3.05) is 12.3 Å². The largest absolute Gasteiger partial charge is 0.472 e. The zero-order valence-corrected chi connectivity index (χ0v) is 16.3. The smallest absolute Gasteiger partial charge is 0.173 e. The maximum atomic E-state index is 15.0. The minimum absolute atomic E-state index is 0.0387. The number of aliphatic hydroxyl groups excluding tert-OH is 1. The standard InChI is InChI=1S/C21H20FN5O4/c22-15-17(28)14(10-30-8-12-4-2-1-3-5-12)31-21(15)27-11-24-16-18(23)25-19(26-20(16)27)13-6-7-29-9-13/h1-7,9,11,14-15,17,21,28H,8,10H2,(H2,23,25,26)/t14-,15+,17-,21-/m1/s1. The SMILES string of the molecule is Nc1nc(-c2ccoc2)nc2c1ncn2[C@@H]1O[C@H](COCc2ccccc2)[C@@H](O)[C@@H]1F. The molecule has 0 radical (unpaired) electrons. The lowest BCUT2D eigenvalue weighted by atomic mass is 10.1. The Balaban J connectivity index is 1.37. The lowest BCUT2D eigenvalue weighted by molar-refractivity contribution is -0.0660. The van der Waals surface area contributed by atoms with Gasteiger partial charge in [-0.2, -0.15) is 0 Å². The molecule has 4 heterocycles. The monoisotopic (exact) mass is 425 g/mol. The van der Waals surface area contributed by atoms with Crippen molar-refractivity contribution in [3.8, 4) is 11.4 Å². The highest BCUT2D eigenvalue weighted by atomic mass is 19.1. The van der Waals surface area contributed by atoms with Gasteiger partial charge in [-0.1, -0.05) is 30.3 Å². The number of rotatable bonds is 6. The summed E-state index contributed by atoms with van der Waals surface area (Å²) in [4.78, 5) is 12.9. The Morgan fingerprint density at radius 3 is 2.81 bits per heavy atom. The van der Waals surface area contributed by atoms with Crippen LogP contribution in [0.5, 0.6) is 0 Å². The third kappa shape index (κ3) is 3.65. The van der Waals surface area contributed by atoms with Crippen LogP contribution in [0.4, 0.5) is 10.2 Å². The minimum Gasteiger partial charge on any atom is -0.472 e. The number of nitrogens with zero attached hydrogens (tertiary/aromatic N) is 4. The lowest BCUT2D eigenvalue weighted by Gasteiger charge is -2.16. The van der Waals surface area contributed by atoms with Gasteiger partial charge in [0.15, 0.2) is 29.7 Å². The summed E-state index contributed by atoms with van der Waals surface area (Å²) < 4.78 is 32.9. The summed E-state index contributed by atoms with van der Waals surface area (Å²) in [7, 11) is 0. The molecule has 4 aromatic rings. The van der Waals surface area contributed by atoms with Gasteiger partial charge in [0.05, 0.1) is 31.4 Å². The first kappa shape index (κ1) is 19.6. The van der Waals surface area contributed by atoms with E-state index in [1.165, 1.54) is 23.4 Å². The number of nitrogens with two attached hydrogens (primary N) is 1. The van der Waals surface area contributed by atoms with E-state index >= 15 is 0 Å². The predicted molar refractivity (Wildman–Crippen MR) is 108 cm³/mol. The Bertz CT molecular complexity index is 1170. The van der Waals surface area contributed by atoms with Crippen LogP contribution in [-0.2, 0) is 16.1 Å². The van der Waals surface area contributed by atoms with Gasteiger partial charge in [-0.15, -0.1) is 0 Å². The number of furan rings is 1. The minimum atomic E-state index is -1.70. The zero-order chi connectivity index (χ0) is 21.4. The summed E-state index contributed by atoms with van der Waals surface area (Å²) in [6.07, 6.45) is -0.668. The molecule has 1 saturated heterocycles. The Morgan fingerprint density at radius 1 is 1.19 bits per heavy atom. The number of fused-ring (bicyclic) bond motifs is 1. The van der Waals surface area contributed by atoms with Crippen molar-refractivity contribution in [1.29, 1.82) is 0 Å². The van der Waals surface area contributed by atoms with E-state index in [1.807, 2.05) is 30.3 Å². The average molecular weight is 425 g/mol. The number of hydrogen-bond donors (Lipinski definition) is 2. The van der Waals surface area contributed by atoms with Crippen LogP contribution in [0.2, 0.25) is 0 Å². The van der Waals surface area contributed by atoms with Crippen LogP contribution in [-0.4, -0.2) is 49.6 Å². The molecule has 3 aromatic heterocycles. The van der Waals surface area contributed by atoms with Crippen molar-refractivity contribution >= 4 is 17.0 Å². The van der Waals surface area contributed by atoms with Gasteiger partial charge >= 0.3 is 0 Å². The van der Waals surface area contributed by atoms with Crippen molar-refractivity contribution in [3.05, 3.63) is 60.8 Å². The summed E-state index contributed by atoms with van der Waals surface area (Å²) in [6, 6.07) is 11.3. The number of alkyl halides is 1. The maximum Gasteiger partial charge on any atom is 0.173 e. The van der Waals surface area contributed by atoms with Crippen molar-refractivity contribution in [2.24, 2.45) is 0 Å². The Kier molecular flexibility index (Phi) is 5.10. The molecule has 9 nitrogen and oxygen atoms in total. The molecule has 1 aliphatic rings. The summed E-state index contributed by atoms with van der Waals surface area (Å²) in [5.74, 6) is 0.467. The molecule has 10 heteroatoms. The quantitative estimate of drug-likeness (QED) is 0.483. The van der Waals surface area contributed by atoms with Gasteiger partial charge in [0.2, 0.25) is 0 Å². The van der Waals surface area contributed by atoms with E-state index in [4.69, 9.17) is 19.6 Å². The number of imidazole rings is 1. The highest BCUT2D eigenvalue weighted by Gasteiger charge is 2.46. The highest BCUT2D eigenvalue weighted by molar-refractivity contribution is 5.83. The molecule has 160 valence electrons. The van der Waals surface area contributed by atoms with E-state index in [2.05, 4.69) is 15.0 Å². The van der Waals surface area contributed by atoms with Crippen LogP contribution in [0.1, 0.15) is 11.8 Å². The molecule has 4 atom stereocenters. The second kappa shape index (κ2) is 8.06. The van der Waals surface area contributed by atoms with Crippen LogP contribution >= 0.6 is 0 Å². The molecule has 5 rings (SSSR count). The number of halogens is 1. The molecule has 0 amide bonds. The van der Waals surface area contributed by atoms with Crippen molar-refractivity contribution in [3.63, 3.8) is 0 Å². The zero-order valence-electron chi connectivity index (χ0n) is 16.3. The molecule has 1 aromatic carbocycles. The third-order valence-corrected chi connectivity index (χ3v) is 5.19. The maximum absolute atomic E-state index is 15.0. The van der Waals surface area contributed by atoms with E-state index in [0.717, 1.165) is 5.56 Å². The molecule has 1 aliphatic heterocycles. The Hall–Kier alpha value is -3.34. The number of anilines is 1. The van der Waals surface area contributed by atoms with Gasteiger partial charge in [0, 0.05) is 0 Å². The highest BCUT2D eigenvalue weighted by Crippen LogP contribution is 2.35. The van der Waals surface area contributed by atoms with Gasteiger partial charge in [0.25, 0.3) is 0 Å². The second-order valence-corrected chi connectivity index (χ2v) is 7.27. The predicted octanol–water partition coefficient (Wildman–Crippen LogP) is 2.48. The average Bonchev–Trinajstić information content (AvgIpc) is 3.51. The molecule has 0 aliphatic carbocycles. The van der Waals surface area contributed by atoms with Crippen molar-refractivity contribution in [2.45, 2.75) is 31.2 Å². The third-order valence-electron chi connectivity index (χ3n) is 5.19. The molecule has 3 N–H and O–H groups in total. The van der Waals surface area contributed by atoms with Gasteiger partial charge in [-0.05, 0) is 11.6 Å². The van der Waals surface area contributed by atoms with E-state index in [1.54, 1.807) is 6.07 Å². The molecule has 31 heavy (non-hydrogen) atoms. The van der Waals surface area contributed by atoms with Gasteiger partial charge in [0.1, 0.15) is 24.0 Å². The fraction of sp³-hybridized carbons (Fsp3) is 0.286. The summed E-state index contributed by atoms with van der Waals surface area (Å²) in [5, 5.41) is 10.4. The number of aliphatic hydroxyl groups is 1.